The summed E-state index contributed by atoms with van der Waals surface area (Å²) in [5.74, 6) is -0.126. The first-order valence-electron chi connectivity index (χ1n) is 7.77. The van der Waals surface area contributed by atoms with E-state index in [9.17, 15) is 4.79 Å². The predicted octanol–water partition coefficient (Wildman–Crippen LogP) is 4.96. The topological polar surface area (TPSA) is 66.5 Å². The van der Waals surface area contributed by atoms with Gasteiger partial charge in [-0.25, -0.2) is 9.98 Å². The number of thiocarbonyl (C=S) groups is 1. The van der Waals surface area contributed by atoms with E-state index < -0.39 is 5.54 Å². The van der Waals surface area contributed by atoms with Gasteiger partial charge in [-0.15, -0.1) is 16.5 Å². The number of carbonyl (C=O) groups excluding carboxylic acids is 1. The van der Waals surface area contributed by atoms with E-state index in [2.05, 4.69) is 20.2 Å². The zero-order chi connectivity index (χ0) is 17.8. The van der Waals surface area contributed by atoms with Crippen LogP contribution < -0.4 is 0 Å². The predicted molar refractivity (Wildman–Crippen MR) is 105 cm³/mol. The number of nitrogens with zero attached hydrogens (tertiary/aromatic N) is 4. The van der Waals surface area contributed by atoms with Crippen molar-refractivity contribution in [3.05, 3.63) is 41.5 Å². The Morgan fingerprint density at radius 3 is 2.32 bits per heavy atom. The molecule has 1 aromatic heterocycles. The number of fused-ring (bicyclic) bond motifs is 1. The first kappa shape index (κ1) is 16.1. The first-order chi connectivity index (χ1) is 11.9. The Kier molecular flexibility index (Phi) is 3.59. The van der Waals surface area contributed by atoms with Crippen LogP contribution in [-0.2, 0) is 0 Å². The van der Waals surface area contributed by atoms with Gasteiger partial charge in [0.25, 0.3) is 0 Å². The molecule has 2 aliphatic rings. The molecule has 2 aromatic rings. The number of Topliss-reactive ketones (excluding diaryl/α,β-unsaturated/α-hetero) is 1. The summed E-state index contributed by atoms with van der Waals surface area (Å²) in [7, 11) is 0. The minimum atomic E-state index is -1.25. The van der Waals surface area contributed by atoms with Crippen molar-refractivity contribution in [1.29, 1.82) is 0 Å². The van der Waals surface area contributed by atoms with Gasteiger partial charge in [0, 0.05) is 4.88 Å². The maximum atomic E-state index is 13.4. The molecule has 0 atom stereocenters. The standard InChI is InChI=1S/C18H14N4OS2/c1-9-13-15(23)18(10(2)19-17(24)20-11(18)3)22-21-16(13)25-14(9)12-7-5-4-6-8-12/h4-8H,1-3H3. The van der Waals surface area contributed by atoms with Crippen molar-refractivity contribution < 1.29 is 4.79 Å². The Morgan fingerprint density at radius 1 is 1.04 bits per heavy atom. The zero-order valence-electron chi connectivity index (χ0n) is 13.9. The Bertz CT molecular complexity index is 993. The number of ketones is 1. The smallest absolute Gasteiger partial charge is 0.220 e. The summed E-state index contributed by atoms with van der Waals surface area (Å²) in [5.41, 5.74) is 2.39. The fourth-order valence-electron chi connectivity index (χ4n) is 3.26. The van der Waals surface area contributed by atoms with Crippen molar-refractivity contribution in [3.8, 4) is 10.4 Å². The molecule has 124 valence electrons. The number of hydrogen-bond acceptors (Lipinski definition) is 5. The van der Waals surface area contributed by atoms with Crippen LogP contribution in [0.2, 0.25) is 0 Å². The van der Waals surface area contributed by atoms with Crippen molar-refractivity contribution in [2.75, 3.05) is 0 Å². The molecule has 0 fully saturated rings. The molecule has 0 saturated heterocycles. The van der Waals surface area contributed by atoms with Gasteiger partial charge in [0.1, 0.15) is 5.00 Å². The van der Waals surface area contributed by atoms with Crippen LogP contribution in [0.15, 0.2) is 50.5 Å². The van der Waals surface area contributed by atoms with E-state index in [4.69, 9.17) is 12.2 Å². The van der Waals surface area contributed by atoms with Crippen molar-refractivity contribution >= 4 is 50.9 Å². The van der Waals surface area contributed by atoms with Gasteiger partial charge in [-0.2, -0.15) is 5.11 Å². The van der Waals surface area contributed by atoms with Crippen molar-refractivity contribution in [2.24, 2.45) is 20.2 Å². The summed E-state index contributed by atoms with van der Waals surface area (Å²) in [6.07, 6.45) is 0. The molecule has 0 saturated carbocycles. The fraction of sp³-hybridized carbons (Fsp3) is 0.222. The summed E-state index contributed by atoms with van der Waals surface area (Å²) >= 11 is 6.55. The van der Waals surface area contributed by atoms with E-state index in [-0.39, 0.29) is 10.9 Å². The quantitative estimate of drug-likeness (QED) is 0.669. The van der Waals surface area contributed by atoms with E-state index in [1.165, 1.54) is 11.3 Å². The second-order valence-electron chi connectivity index (χ2n) is 6.02. The summed E-state index contributed by atoms with van der Waals surface area (Å²) in [6, 6.07) is 9.99. The number of aliphatic imine (C=N–C) groups is 2. The molecular formula is C18H14N4OS2. The highest BCUT2D eigenvalue weighted by Gasteiger charge is 2.51. The van der Waals surface area contributed by atoms with Crippen LogP contribution in [0.4, 0.5) is 5.00 Å². The number of benzene rings is 1. The Labute approximate surface area is 154 Å². The molecule has 4 rings (SSSR count). The first-order valence-corrected chi connectivity index (χ1v) is 8.99. The van der Waals surface area contributed by atoms with Crippen LogP contribution >= 0.6 is 23.6 Å². The number of rotatable bonds is 1. The number of azo groups is 1. The molecule has 3 heterocycles. The van der Waals surface area contributed by atoms with Gasteiger partial charge in [-0.05, 0) is 44.1 Å². The highest BCUT2D eigenvalue weighted by molar-refractivity contribution is 7.80. The Hall–Kier alpha value is -2.38. The molecule has 2 aliphatic heterocycles. The average molecular weight is 366 g/mol. The largest absolute Gasteiger partial charge is 0.290 e. The minimum absolute atomic E-state index is 0.126. The minimum Gasteiger partial charge on any atom is -0.290 e. The number of carbonyl (C=O) groups is 1. The third-order valence-electron chi connectivity index (χ3n) is 4.58. The van der Waals surface area contributed by atoms with Crippen LogP contribution in [0.25, 0.3) is 10.4 Å². The SMILES string of the molecule is CC1=NC(=S)N=C(C)C12N=Nc1sc(-c3ccccc3)c(C)c1C2=O. The fourth-order valence-corrected chi connectivity index (χ4v) is 4.66. The lowest BCUT2D eigenvalue weighted by Crippen LogP contribution is -2.52. The zero-order valence-corrected chi connectivity index (χ0v) is 15.5. The molecule has 1 spiro atoms. The van der Waals surface area contributed by atoms with Crippen LogP contribution in [0.5, 0.6) is 0 Å². The molecule has 0 N–H and O–H groups in total. The lowest BCUT2D eigenvalue weighted by atomic mass is 9.80. The molecule has 0 aliphatic carbocycles. The van der Waals surface area contributed by atoms with Crippen LogP contribution in [0.1, 0.15) is 29.8 Å². The van der Waals surface area contributed by atoms with Crippen molar-refractivity contribution in [3.63, 3.8) is 0 Å². The molecule has 0 amide bonds. The van der Waals surface area contributed by atoms with Gasteiger partial charge in [-0.1, -0.05) is 30.3 Å². The van der Waals surface area contributed by atoms with Crippen LogP contribution in [0, 0.1) is 6.92 Å². The molecular weight excluding hydrogens is 352 g/mol. The second kappa shape index (κ2) is 5.57. The van der Waals surface area contributed by atoms with E-state index >= 15 is 0 Å². The van der Waals surface area contributed by atoms with Gasteiger partial charge in [0.2, 0.25) is 16.4 Å². The molecule has 1 aromatic carbocycles. The Balaban J connectivity index is 1.91. The van der Waals surface area contributed by atoms with E-state index in [1.54, 1.807) is 13.8 Å². The molecule has 0 unspecified atom stereocenters. The van der Waals surface area contributed by atoms with E-state index in [1.807, 2.05) is 37.3 Å². The maximum absolute atomic E-state index is 13.4. The lowest BCUT2D eigenvalue weighted by molar-refractivity contribution is 0.0958. The summed E-state index contributed by atoms with van der Waals surface area (Å²) < 4.78 is 0. The molecule has 25 heavy (non-hydrogen) atoms. The van der Waals surface area contributed by atoms with Gasteiger partial charge in [-0.3, -0.25) is 4.79 Å². The molecule has 0 bridgehead atoms. The van der Waals surface area contributed by atoms with Crippen LogP contribution in [0.3, 0.4) is 0 Å². The molecule has 5 nitrogen and oxygen atoms in total. The monoisotopic (exact) mass is 366 g/mol. The van der Waals surface area contributed by atoms with Gasteiger partial charge in [0.05, 0.1) is 17.0 Å². The number of hydrogen-bond donors (Lipinski definition) is 0. The van der Waals surface area contributed by atoms with Crippen molar-refractivity contribution in [2.45, 2.75) is 26.3 Å². The van der Waals surface area contributed by atoms with Gasteiger partial charge >= 0.3 is 0 Å². The maximum Gasteiger partial charge on any atom is 0.220 e. The van der Waals surface area contributed by atoms with Gasteiger partial charge < -0.3 is 0 Å². The third kappa shape index (κ3) is 2.19. The lowest BCUT2D eigenvalue weighted by Gasteiger charge is -2.31. The van der Waals surface area contributed by atoms with Gasteiger partial charge in [0.15, 0.2) is 0 Å². The third-order valence-corrected chi connectivity index (χ3v) is 5.99. The summed E-state index contributed by atoms with van der Waals surface area (Å²) in [5, 5.41) is 9.59. The second-order valence-corrected chi connectivity index (χ2v) is 7.38. The molecule has 7 heteroatoms. The summed E-state index contributed by atoms with van der Waals surface area (Å²) in [4.78, 5) is 22.9. The highest BCUT2D eigenvalue weighted by atomic mass is 32.1. The van der Waals surface area contributed by atoms with E-state index in [0.717, 1.165) is 16.0 Å². The normalized spacial score (nSPS) is 18.2. The highest BCUT2D eigenvalue weighted by Crippen LogP contribution is 2.47. The number of thiophene rings is 1. The summed E-state index contributed by atoms with van der Waals surface area (Å²) in [6.45, 7) is 5.47. The van der Waals surface area contributed by atoms with Crippen molar-refractivity contribution in [1.82, 2.24) is 0 Å². The molecule has 0 radical (unpaired) electrons. The van der Waals surface area contributed by atoms with Crippen LogP contribution in [-0.4, -0.2) is 27.9 Å². The Morgan fingerprint density at radius 2 is 1.68 bits per heavy atom. The average Bonchev–Trinajstić information content (AvgIpc) is 2.92. The van der Waals surface area contributed by atoms with E-state index in [0.29, 0.717) is 22.0 Å².